The zero-order valence-electron chi connectivity index (χ0n) is 10.4. The lowest BCUT2D eigenvalue weighted by atomic mass is 10.2. The average molecular weight is 308 g/mol. The molecule has 0 unspecified atom stereocenters. The molecule has 0 aliphatic heterocycles. The minimum absolute atomic E-state index is 0.375. The molecule has 0 aliphatic rings. The summed E-state index contributed by atoms with van der Waals surface area (Å²) in [6.07, 6.45) is 3.60. The number of hydrogen-bond acceptors (Lipinski definition) is 3. The van der Waals surface area contributed by atoms with Crippen LogP contribution in [0.25, 0.3) is 5.69 Å². The van der Waals surface area contributed by atoms with Crippen LogP contribution in [0.4, 0.5) is 5.69 Å². The highest BCUT2D eigenvalue weighted by molar-refractivity contribution is 6.31. The van der Waals surface area contributed by atoms with Crippen LogP contribution < -0.4 is 5.32 Å². The van der Waals surface area contributed by atoms with Crippen molar-refractivity contribution in [1.29, 1.82) is 0 Å². The number of nitrogens with zero attached hydrogens (tertiary/aromatic N) is 2. The highest BCUT2D eigenvalue weighted by Gasteiger charge is 2.07. The van der Waals surface area contributed by atoms with E-state index in [1.54, 1.807) is 16.9 Å². The van der Waals surface area contributed by atoms with Crippen molar-refractivity contribution < 1.29 is 4.42 Å². The van der Waals surface area contributed by atoms with Crippen LogP contribution in [0.2, 0.25) is 10.2 Å². The van der Waals surface area contributed by atoms with Crippen molar-refractivity contribution in [2.75, 3.05) is 5.32 Å². The number of halogens is 2. The molecular weight excluding hydrogens is 297 g/mol. The van der Waals surface area contributed by atoms with Crippen LogP contribution in [0.5, 0.6) is 0 Å². The van der Waals surface area contributed by atoms with Crippen molar-refractivity contribution in [2.24, 2.45) is 0 Å². The lowest BCUT2D eigenvalue weighted by Gasteiger charge is -2.11. The van der Waals surface area contributed by atoms with Gasteiger partial charge in [-0.05, 0) is 48.0 Å². The molecule has 0 spiro atoms. The number of hydrogen-bond donors (Lipinski definition) is 1. The summed E-state index contributed by atoms with van der Waals surface area (Å²) in [4.78, 5) is 0. The van der Waals surface area contributed by atoms with Crippen LogP contribution >= 0.6 is 23.2 Å². The van der Waals surface area contributed by atoms with Crippen LogP contribution in [0.1, 0.15) is 5.76 Å². The van der Waals surface area contributed by atoms with E-state index in [9.17, 15) is 0 Å². The van der Waals surface area contributed by atoms with Crippen LogP contribution in [0.3, 0.4) is 0 Å². The highest BCUT2D eigenvalue weighted by atomic mass is 35.5. The van der Waals surface area contributed by atoms with Crippen LogP contribution in [0.15, 0.2) is 53.2 Å². The summed E-state index contributed by atoms with van der Waals surface area (Å²) in [5, 5.41) is 8.53. The zero-order valence-corrected chi connectivity index (χ0v) is 11.9. The molecule has 3 rings (SSSR count). The van der Waals surface area contributed by atoms with E-state index in [1.807, 2.05) is 36.5 Å². The monoisotopic (exact) mass is 307 g/mol. The fourth-order valence-electron chi connectivity index (χ4n) is 1.89. The third kappa shape index (κ3) is 2.81. The van der Waals surface area contributed by atoms with E-state index < -0.39 is 0 Å². The second-order valence-corrected chi connectivity index (χ2v) is 4.98. The maximum atomic E-state index is 6.05. The van der Waals surface area contributed by atoms with Gasteiger partial charge < -0.3 is 9.73 Å². The normalized spacial score (nSPS) is 10.7. The molecule has 0 radical (unpaired) electrons. The summed E-state index contributed by atoms with van der Waals surface area (Å²) in [6, 6.07) is 11.0. The Morgan fingerprint density at radius 1 is 1.20 bits per heavy atom. The van der Waals surface area contributed by atoms with E-state index in [0.717, 1.165) is 17.1 Å². The molecule has 0 amide bonds. The molecule has 1 aromatic carbocycles. The quantitative estimate of drug-likeness (QED) is 0.777. The Balaban J connectivity index is 1.86. The molecule has 0 fully saturated rings. The topological polar surface area (TPSA) is 43.0 Å². The van der Waals surface area contributed by atoms with Crippen molar-refractivity contribution in [1.82, 2.24) is 9.78 Å². The first-order valence-electron chi connectivity index (χ1n) is 6.00. The van der Waals surface area contributed by atoms with E-state index in [4.69, 9.17) is 27.6 Å². The second kappa shape index (κ2) is 5.61. The Bertz CT molecular complexity index is 707. The van der Waals surface area contributed by atoms with Crippen molar-refractivity contribution in [3.63, 3.8) is 0 Å². The number of aromatic nitrogens is 2. The summed E-state index contributed by atoms with van der Waals surface area (Å²) >= 11 is 11.8. The molecule has 0 aliphatic carbocycles. The molecule has 0 saturated carbocycles. The van der Waals surface area contributed by atoms with Gasteiger partial charge in [0.1, 0.15) is 5.76 Å². The molecule has 1 N–H and O–H groups in total. The van der Waals surface area contributed by atoms with Crippen molar-refractivity contribution in [3.8, 4) is 5.69 Å². The summed E-state index contributed by atoms with van der Waals surface area (Å²) in [5.41, 5.74) is 1.78. The van der Waals surface area contributed by atoms with E-state index in [2.05, 4.69) is 10.4 Å². The van der Waals surface area contributed by atoms with Gasteiger partial charge in [0.15, 0.2) is 5.22 Å². The van der Waals surface area contributed by atoms with Crippen LogP contribution in [-0.4, -0.2) is 9.78 Å². The zero-order chi connectivity index (χ0) is 13.9. The number of benzene rings is 1. The maximum absolute atomic E-state index is 6.05. The van der Waals surface area contributed by atoms with Crippen molar-refractivity contribution >= 4 is 28.9 Å². The van der Waals surface area contributed by atoms with E-state index in [1.165, 1.54) is 0 Å². The number of furan rings is 1. The molecule has 4 nitrogen and oxygen atoms in total. The van der Waals surface area contributed by atoms with Gasteiger partial charge in [-0.15, -0.1) is 0 Å². The molecule has 102 valence electrons. The largest absolute Gasteiger partial charge is 0.448 e. The summed E-state index contributed by atoms with van der Waals surface area (Å²) in [5.74, 6) is 0.751. The third-order valence-corrected chi connectivity index (χ3v) is 3.23. The first-order valence-corrected chi connectivity index (χ1v) is 6.75. The Kier molecular flexibility index (Phi) is 3.67. The van der Waals surface area contributed by atoms with Gasteiger partial charge in [-0.3, -0.25) is 0 Å². The van der Waals surface area contributed by atoms with Gasteiger partial charge in [0.2, 0.25) is 0 Å². The molecule has 20 heavy (non-hydrogen) atoms. The van der Waals surface area contributed by atoms with Crippen LogP contribution in [-0.2, 0) is 6.54 Å². The molecule has 0 bridgehead atoms. The van der Waals surface area contributed by atoms with Crippen molar-refractivity contribution in [2.45, 2.75) is 6.54 Å². The first kappa shape index (κ1) is 13.1. The van der Waals surface area contributed by atoms with Gasteiger partial charge in [-0.25, -0.2) is 4.68 Å². The molecule has 2 aromatic heterocycles. The van der Waals surface area contributed by atoms with Gasteiger partial charge >= 0.3 is 0 Å². The van der Waals surface area contributed by atoms with E-state index in [0.29, 0.717) is 16.8 Å². The Morgan fingerprint density at radius 3 is 2.80 bits per heavy atom. The molecule has 3 aromatic rings. The molecule has 6 heteroatoms. The molecule has 2 heterocycles. The number of rotatable bonds is 4. The predicted octanol–water partition coefficient (Wildman–Crippen LogP) is 4.38. The van der Waals surface area contributed by atoms with E-state index in [-0.39, 0.29) is 0 Å². The molecule has 0 atom stereocenters. The minimum Gasteiger partial charge on any atom is -0.448 e. The predicted molar refractivity (Wildman–Crippen MR) is 79.6 cm³/mol. The van der Waals surface area contributed by atoms with Gasteiger partial charge in [0.05, 0.1) is 17.9 Å². The lowest BCUT2D eigenvalue weighted by molar-refractivity contribution is 0.520. The second-order valence-electron chi connectivity index (χ2n) is 4.17. The average Bonchev–Trinajstić information content (AvgIpc) is 3.08. The first-order chi connectivity index (χ1) is 9.72. The van der Waals surface area contributed by atoms with Gasteiger partial charge in [-0.2, -0.15) is 5.10 Å². The van der Waals surface area contributed by atoms with Gasteiger partial charge in [0, 0.05) is 17.4 Å². The maximum Gasteiger partial charge on any atom is 0.193 e. The summed E-state index contributed by atoms with van der Waals surface area (Å²) < 4.78 is 7.09. The molecular formula is C14H11Cl2N3O. The summed E-state index contributed by atoms with van der Waals surface area (Å²) in [7, 11) is 0. The smallest absolute Gasteiger partial charge is 0.193 e. The standard InChI is InChI=1S/C14H11Cl2N3O/c15-10-2-4-13(19-7-1-6-18-19)12(8-10)17-9-11-3-5-14(16)20-11/h1-8,17H,9H2. The number of nitrogens with one attached hydrogen (secondary N) is 1. The minimum atomic E-state index is 0.375. The van der Waals surface area contributed by atoms with Crippen molar-refractivity contribution in [3.05, 3.63) is 64.8 Å². The van der Waals surface area contributed by atoms with Gasteiger partial charge in [0.25, 0.3) is 0 Å². The van der Waals surface area contributed by atoms with Crippen LogP contribution in [0, 0.1) is 0 Å². The third-order valence-electron chi connectivity index (χ3n) is 2.79. The Hall–Kier alpha value is -1.91. The fraction of sp³-hybridized carbons (Fsp3) is 0.0714. The Labute approximate surface area is 125 Å². The SMILES string of the molecule is Clc1ccc(-n2cccn2)c(NCc2ccc(Cl)o2)c1. The van der Waals surface area contributed by atoms with Gasteiger partial charge in [-0.1, -0.05) is 11.6 Å². The summed E-state index contributed by atoms with van der Waals surface area (Å²) in [6.45, 7) is 0.515. The lowest BCUT2D eigenvalue weighted by Crippen LogP contribution is -2.04. The van der Waals surface area contributed by atoms with E-state index >= 15 is 0 Å². The fourth-order valence-corrected chi connectivity index (χ4v) is 2.22. The molecule has 0 saturated heterocycles. The Morgan fingerprint density at radius 2 is 2.10 bits per heavy atom. The number of anilines is 1. The highest BCUT2D eigenvalue weighted by Crippen LogP contribution is 2.25.